The number of hydrogen-bond acceptors (Lipinski definition) is 3. The van der Waals surface area contributed by atoms with Crippen molar-refractivity contribution in [1.82, 2.24) is 0 Å². The van der Waals surface area contributed by atoms with E-state index in [9.17, 15) is 4.79 Å². The Kier molecular flexibility index (Phi) is 5.41. The number of carbonyl (C=O) groups is 1. The number of methoxy groups -OCH3 is 2. The van der Waals surface area contributed by atoms with E-state index in [0.29, 0.717) is 11.5 Å². The highest BCUT2D eigenvalue weighted by atomic mass is 16.5. The average molecular weight is 311 g/mol. The second-order valence-corrected chi connectivity index (χ2v) is 5.18. The number of rotatable bonds is 5. The molecule has 4 nitrogen and oxygen atoms in total. The summed E-state index contributed by atoms with van der Waals surface area (Å²) in [5, 5.41) is 0. The minimum absolute atomic E-state index is 0.103. The van der Waals surface area contributed by atoms with Crippen LogP contribution in [0.2, 0.25) is 0 Å². The van der Waals surface area contributed by atoms with Gasteiger partial charge in [-0.15, -0.1) is 0 Å². The number of hydrogen-bond donors (Lipinski definition) is 0. The monoisotopic (exact) mass is 311 g/mol. The van der Waals surface area contributed by atoms with E-state index in [0.717, 1.165) is 16.8 Å². The number of carbonyl (C=O) groups excluding carboxylic acids is 1. The number of anilines is 1. The molecule has 0 spiro atoms. The van der Waals surface area contributed by atoms with Gasteiger partial charge in [-0.2, -0.15) is 0 Å². The van der Waals surface area contributed by atoms with Crippen molar-refractivity contribution in [3.63, 3.8) is 0 Å². The van der Waals surface area contributed by atoms with Crippen molar-refractivity contribution >= 4 is 17.7 Å². The van der Waals surface area contributed by atoms with E-state index in [-0.39, 0.29) is 5.91 Å². The summed E-state index contributed by atoms with van der Waals surface area (Å²) in [6.45, 7) is 2.00. The Labute approximate surface area is 137 Å². The number of nitrogens with zero attached hydrogens (tertiary/aromatic N) is 1. The Morgan fingerprint density at radius 1 is 1.09 bits per heavy atom. The predicted molar refractivity (Wildman–Crippen MR) is 93.2 cm³/mol. The number of aryl methyl sites for hydroxylation is 1. The fourth-order valence-electron chi connectivity index (χ4n) is 2.19. The van der Waals surface area contributed by atoms with Crippen LogP contribution in [0.25, 0.3) is 6.08 Å². The largest absolute Gasteiger partial charge is 0.497 e. The lowest BCUT2D eigenvalue weighted by atomic mass is 10.1. The second-order valence-electron chi connectivity index (χ2n) is 5.18. The highest BCUT2D eigenvalue weighted by Gasteiger charge is 2.08. The molecule has 4 heteroatoms. The highest BCUT2D eigenvalue weighted by Crippen LogP contribution is 2.25. The fraction of sp³-hybridized carbons (Fsp3) is 0.211. The van der Waals surface area contributed by atoms with E-state index in [1.54, 1.807) is 38.3 Å². The number of benzene rings is 2. The molecular formula is C19H21NO3. The molecule has 0 aliphatic heterocycles. The van der Waals surface area contributed by atoms with Crippen molar-refractivity contribution < 1.29 is 14.3 Å². The lowest BCUT2D eigenvalue weighted by Crippen LogP contribution is -2.23. The van der Waals surface area contributed by atoms with Gasteiger partial charge in [0, 0.05) is 30.4 Å². The molecule has 0 heterocycles. The summed E-state index contributed by atoms with van der Waals surface area (Å²) in [5.41, 5.74) is 2.79. The third-order valence-electron chi connectivity index (χ3n) is 3.57. The van der Waals surface area contributed by atoms with Crippen molar-refractivity contribution in [2.24, 2.45) is 0 Å². The van der Waals surface area contributed by atoms with Gasteiger partial charge in [0.05, 0.1) is 14.2 Å². The molecule has 0 aromatic heterocycles. The highest BCUT2D eigenvalue weighted by molar-refractivity contribution is 6.03. The van der Waals surface area contributed by atoms with E-state index in [1.807, 2.05) is 43.3 Å². The quantitative estimate of drug-likeness (QED) is 0.791. The molecule has 0 aliphatic rings. The van der Waals surface area contributed by atoms with Crippen LogP contribution in [-0.2, 0) is 4.79 Å². The van der Waals surface area contributed by atoms with E-state index < -0.39 is 0 Å². The molecule has 0 atom stereocenters. The molecule has 2 aromatic carbocycles. The standard InChI is InChI=1S/C19H21NO3/c1-14-6-5-7-16(12-14)20(2)19(21)11-9-15-8-10-17(22-3)13-18(15)23-4/h5-13H,1-4H3/b11-9-. The Balaban J connectivity index is 2.17. The topological polar surface area (TPSA) is 38.8 Å². The molecule has 23 heavy (non-hydrogen) atoms. The summed E-state index contributed by atoms with van der Waals surface area (Å²) in [7, 11) is 4.95. The summed E-state index contributed by atoms with van der Waals surface area (Å²) in [6, 6.07) is 13.3. The van der Waals surface area contributed by atoms with Crippen molar-refractivity contribution in [2.45, 2.75) is 6.92 Å². The zero-order valence-electron chi connectivity index (χ0n) is 13.9. The number of likely N-dealkylation sites (N-methyl/N-ethyl adjacent to an activating group) is 1. The van der Waals surface area contributed by atoms with Gasteiger partial charge >= 0.3 is 0 Å². The minimum atomic E-state index is -0.103. The summed E-state index contributed by atoms with van der Waals surface area (Å²) in [5.74, 6) is 1.27. The first-order valence-corrected chi connectivity index (χ1v) is 7.29. The Morgan fingerprint density at radius 3 is 2.52 bits per heavy atom. The molecule has 120 valence electrons. The molecule has 0 bridgehead atoms. The van der Waals surface area contributed by atoms with Gasteiger partial charge < -0.3 is 14.4 Å². The van der Waals surface area contributed by atoms with E-state index in [2.05, 4.69) is 0 Å². The summed E-state index contributed by atoms with van der Waals surface area (Å²) < 4.78 is 10.5. The molecule has 0 fully saturated rings. The SMILES string of the molecule is COc1ccc(/C=C\C(=O)N(C)c2cccc(C)c2)c(OC)c1. The van der Waals surface area contributed by atoms with Crippen LogP contribution in [0.15, 0.2) is 48.5 Å². The van der Waals surface area contributed by atoms with E-state index in [1.165, 1.54) is 6.08 Å². The zero-order valence-corrected chi connectivity index (χ0v) is 13.9. The van der Waals surface area contributed by atoms with Crippen molar-refractivity contribution in [3.8, 4) is 11.5 Å². The summed E-state index contributed by atoms with van der Waals surface area (Å²) in [6.07, 6.45) is 3.28. The predicted octanol–water partition coefficient (Wildman–Crippen LogP) is 3.69. The molecule has 2 rings (SSSR count). The molecule has 0 radical (unpaired) electrons. The average Bonchev–Trinajstić information content (AvgIpc) is 2.58. The van der Waals surface area contributed by atoms with Gasteiger partial charge in [-0.05, 0) is 42.8 Å². The molecule has 0 saturated heterocycles. The summed E-state index contributed by atoms with van der Waals surface area (Å²) in [4.78, 5) is 13.9. The van der Waals surface area contributed by atoms with Crippen LogP contribution >= 0.6 is 0 Å². The maximum Gasteiger partial charge on any atom is 0.250 e. The second kappa shape index (κ2) is 7.49. The van der Waals surface area contributed by atoms with Gasteiger partial charge in [0.1, 0.15) is 11.5 Å². The third-order valence-corrected chi connectivity index (χ3v) is 3.57. The van der Waals surface area contributed by atoms with Gasteiger partial charge in [-0.25, -0.2) is 0 Å². The smallest absolute Gasteiger partial charge is 0.250 e. The van der Waals surface area contributed by atoms with Gasteiger partial charge in [0.25, 0.3) is 5.91 Å². The van der Waals surface area contributed by atoms with E-state index >= 15 is 0 Å². The maximum atomic E-state index is 12.3. The molecule has 0 N–H and O–H groups in total. The van der Waals surface area contributed by atoms with Gasteiger partial charge in [-0.1, -0.05) is 12.1 Å². The Hall–Kier alpha value is -2.75. The van der Waals surface area contributed by atoms with Crippen LogP contribution in [0, 0.1) is 6.92 Å². The molecule has 0 saturated carbocycles. The Morgan fingerprint density at radius 2 is 1.87 bits per heavy atom. The summed E-state index contributed by atoms with van der Waals surface area (Å²) >= 11 is 0. The van der Waals surface area contributed by atoms with Gasteiger partial charge in [0.15, 0.2) is 0 Å². The first-order valence-electron chi connectivity index (χ1n) is 7.29. The normalized spacial score (nSPS) is 10.6. The molecule has 2 aromatic rings. The number of amides is 1. The van der Waals surface area contributed by atoms with Crippen LogP contribution in [0.4, 0.5) is 5.69 Å². The van der Waals surface area contributed by atoms with Crippen LogP contribution < -0.4 is 14.4 Å². The van der Waals surface area contributed by atoms with Crippen LogP contribution in [0.3, 0.4) is 0 Å². The molecule has 0 aliphatic carbocycles. The molecule has 1 amide bonds. The maximum absolute atomic E-state index is 12.3. The molecule has 0 unspecified atom stereocenters. The fourth-order valence-corrected chi connectivity index (χ4v) is 2.19. The first-order chi connectivity index (χ1) is 11.0. The number of ether oxygens (including phenoxy) is 2. The first kappa shape index (κ1) is 16.6. The van der Waals surface area contributed by atoms with Crippen LogP contribution in [-0.4, -0.2) is 27.2 Å². The van der Waals surface area contributed by atoms with Crippen LogP contribution in [0.1, 0.15) is 11.1 Å². The zero-order chi connectivity index (χ0) is 16.8. The van der Waals surface area contributed by atoms with Gasteiger partial charge in [-0.3, -0.25) is 4.79 Å². The van der Waals surface area contributed by atoms with Crippen molar-refractivity contribution in [2.75, 3.05) is 26.2 Å². The van der Waals surface area contributed by atoms with Gasteiger partial charge in [0.2, 0.25) is 0 Å². The lowest BCUT2D eigenvalue weighted by molar-refractivity contribution is -0.113. The lowest BCUT2D eigenvalue weighted by Gasteiger charge is -2.15. The van der Waals surface area contributed by atoms with Crippen molar-refractivity contribution in [3.05, 3.63) is 59.7 Å². The molecular weight excluding hydrogens is 290 g/mol. The van der Waals surface area contributed by atoms with E-state index in [4.69, 9.17) is 9.47 Å². The third kappa shape index (κ3) is 4.13. The van der Waals surface area contributed by atoms with Crippen molar-refractivity contribution in [1.29, 1.82) is 0 Å². The minimum Gasteiger partial charge on any atom is -0.497 e. The Bertz CT molecular complexity index is 722. The van der Waals surface area contributed by atoms with Crippen LogP contribution in [0.5, 0.6) is 11.5 Å².